The normalized spacial score (nSPS) is 18.9. The van der Waals surface area contributed by atoms with Crippen LogP contribution in [0.5, 0.6) is 0 Å². The van der Waals surface area contributed by atoms with Gasteiger partial charge < -0.3 is 4.90 Å². The van der Waals surface area contributed by atoms with E-state index in [1.54, 1.807) is 34.5 Å². The predicted molar refractivity (Wildman–Crippen MR) is 116 cm³/mol. The Morgan fingerprint density at radius 1 is 1.07 bits per heavy atom. The molecular formula is C21H19ClN2O3S2. The van der Waals surface area contributed by atoms with Gasteiger partial charge in [0.1, 0.15) is 10.7 Å². The number of benzene rings is 2. The molecule has 5 nitrogen and oxygen atoms in total. The summed E-state index contributed by atoms with van der Waals surface area (Å²) in [6.07, 6.45) is 0.313. The highest BCUT2D eigenvalue weighted by Crippen LogP contribution is 2.34. The van der Waals surface area contributed by atoms with Gasteiger partial charge in [0.05, 0.1) is 11.0 Å². The number of hydrogen-bond acceptors (Lipinski definition) is 5. The number of amides is 1. The number of thiazole rings is 1. The van der Waals surface area contributed by atoms with Gasteiger partial charge in [0.25, 0.3) is 5.91 Å². The van der Waals surface area contributed by atoms with E-state index in [4.69, 9.17) is 11.6 Å². The van der Waals surface area contributed by atoms with Gasteiger partial charge in [-0.05, 0) is 18.1 Å². The lowest BCUT2D eigenvalue weighted by Crippen LogP contribution is -2.33. The van der Waals surface area contributed by atoms with Crippen LogP contribution in [-0.4, -0.2) is 43.1 Å². The number of nitrogens with zero attached hydrogens (tertiary/aromatic N) is 2. The van der Waals surface area contributed by atoms with Crippen molar-refractivity contribution in [3.63, 3.8) is 0 Å². The summed E-state index contributed by atoms with van der Waals surface area (Å²) in [7, 11) is -3.42. The summed E-state index contributed by atoms with van der Waals surface area (Å²) in [5.41, 5.74) is 1.90. The van der Waals surface area contributed by atoms with Crippen molar-refractivity contribution in [2.45, 2.75) is 11.7 Å². The highest BCUT2D eigenvalue weighted by atomic mass is 35.5. The maximum absolute atomic E-state index is 13.0. The molecule has 0 unspecified atom stereocenters. The van der Waals surface area contributed by atoms with Gasteiger partial charge >= 0.3 is 0 Å². The third kappa shape index (κ3) is 4.22. The first-order valence-corrected chi connectivity index (χ1v) is 12.2. The molecule has 0 aliphatic carbocycles. The summed E-state index contributed by atoms with van der Waals surface area (Å²) in [6, 6.07) is 16.7. The van der Waals surface area contributed by atoms with E-state index in [1.165, 1.54) is 11.3 Å². The quantitative estimate of drug-likeness (QED) is 0.595. The van der Waals surface area contributed by atoms with Gasteiger partial charge in [0.15, 0.2) is 9.84 Å². The van der Waals surface area contributed by atoms with Crippen LogP contribution in [0.3, 0.4) is 0 Å². The van der Waals surface area contributed by atoms with Crippen LogP contribution in [0, 0.1) is 0 Å². The molecule has 0 saturated carbocycles. The fraction of sp³-hybridized carbons (Fsp3) is 0.238. The van der Waals surface area contributed by atoms with Gasteiger partial charge in [0, 0.05) is 29.1 Å². The summed E-state index contributed by atoms with van der Waals surface area (Å²) < 4.78 is 25.7. The fourth-order valence-corrected chi connectivity index (χ4v) is 6.43. The average Bonchev–Trinajstić information content (AvgIpc) is 3.16. The largest absolute Gasteiger partial charge is 0.336 e. The van der Waals surface area contributed by atoms with Gasteiger partial charge in [-0.25, -0.2) is 13.4 Å². The molecule has 29 heavy (non-hydrogen) atoms. The first-order chi connectivity index (χ1) is 14.0. The molecule has 0 N–H and O–H groups in total. The summed E-state index contributed by atoms with van der Waals surface area (Å²) in [5.74, 6) is -0.331. The Morgan fingerprint density at radius 2 is 1.79 bits per heavy atom. The third-order valence-corrected chi connectivity index (χ3v) is 8.37. The Hall–Kier alpha value is -2.22. The Labute approximate surface area is 178 Å². The van der Waals surface area contributed by atoms with Crippen molar-refractivity contribution < 1.29 is 13.2 Å². The van der Waals surface area contributed by atoms with Crippen molar-refractivity contribution in [2.75, 3.05) is 18.8 Å². The zero-order chi connectivity index (χ0) is 20.4. The predicted octanol–water partition coefficient (Wildman–Crippen LogP) is 4.47. The van der Waals surface area contributed by atoms with Crippen LogP contribution in [0.2, 0.25) is 5.02 Å². The maximum Gasteiger partial charge on any atom is 0.273 e. The Kier molecular flexibility index (Phi) is 5.72. The topological polar surface area (TPSA) is 67.3 Å². The molecule has 0 spiro atoms. The first-order valence-electron chi connectivity index (χ1n) is 9.22. The van der Waals surface area contributed by atoms with E-state index in [2.05, 4.69) is 4.98 Å². The second-order valence-corrected chi connectivity index (χ2v) is 10.4. The highest BCUT2D eigenvalue weighted by molar-refractivity contribution is 7.91. The van der Waals surface area contributed by atoms with Crippen molar-refractivity contribution >= 4 is 38.7 Å². The molecule has 8 heteroatoms. The van der Waals surface area contributed by atoms with Crippen molar-refractivity contribution in [1.29, 1.82) is 0 Å². The van der Waals surface area contributed by atoms with Crippen LogP contribution in [-0.2, 0) is 9.84 Å². The zero-order valence-electron chi connectivity index (χ0n) is 15.5. The van der Waals surface area contributed by atoms with Crippen molar-refractivity contribution in [3.05, 3.63) is 76.3 Å². The molecule has 1 fully saturated rings. The molecule has 1 saturated heterocycles. The van der Waals surface area contributed by atoms with Gasteiger partial charge in [-0.1, -0.05) is 60.1 Å². The molecule has 1 aliphatic heterocycles. The van der Waals surface area contributed by atoms with Crippen LogP contribution in [0.15, 0.2) is 60.0 Å². The first kappa shape index (κ1) is 20.1. The van der Waals surface area contributed by atoms with Crippen LogP contribution < -0.4 is 0 Å². The smallest absolute Gasteiger partial charge is 0.273 e. The minimum atomic E-state index is -3.42. The van der Waals surface area contributed by atoms with Crippen molar-refractivity contribution in [1.82, 2.24) is 9.88 Å². The molecule has 1 aliphatic rings. The van der Waals surface area contributed by atoms with E-state index >= 15 is 0 Å². The molecule has 1 atom stereocenters. The van der Waals surface area contributed by atoms with Crippen molar-refractivity contribution in [3.8, 4) is 10.6 Å². The number of hydrogen-bond donors (Lipinski definition) is 0. The molecule has 1 amide bonds. The lowest BCUT2D eigenvalue weighted by atomic mass is 10.1. The monoisotopic (exact) mass is 446 g/mol. The minimum Gasteiger partial charge on any atom is -0.336 e. The second kappa shape index (κ2) is 8.26. The number of carbonyl (C=O) groups is 1. The van der Waals surface area contributed by atoms with Gasteiger partial charge in [-0.3, -0.25) is 4.79 Å². The SMILES string of the molecule is O=C(c1csc(-c2ccccc2)n1)N1CC[C@H](c2ccccc2Cl)S(=O)(=O)CC1. The molecule has 4 rings (SSSR count). The van der Waals surface area contributed by atoms with E-state index in [0.717, 1.165) is 10.6 Å². The standard InChI is InChI=1S/C21H19ClN2O3S2/c22-17-9-5-4-8-16(17)19-10-11-24(12-13-29(19,26)27)21(25)18-14-28-20(23-18)15-6-2-1-3-7-15/h1-9,14,19H,10-13H2/t19-/m1/s1. The Morgan fingerprint density at radius 3 is 2.55 bits per heavy atom. The minimum absolute atomic E-state index is 0.0929. The van der Waals surface area contributed by atoms with Crippen LogP contribution in [0.25, 0.3) is 10.6 Å². The van der Waals surface area contributed by atoms with Crippen LogP contribution in [0.4, 0.5) is 0 Å². The zero-order valence-corrected chi connectivity index (χ0v) is 17.9. The number of halogens is 1. The number of aromatic nitrogens is 1. The van der Waals surface area contributed by atoms with Crippen molar-refractivity contribution in [2.24, 2.45) is 0 Å². The molecule has 150 valence electrons. The molecule has 1 aromatic heterocycles. The highest BCUT2D eigenvalue weighted by Gasteiger charge is 2.34. The summed E-state index contributed by atoms with van der Waals surface area (Å²) in [4.78, 5) is 19.0. The number of rotatable bonds is 3. The number of carbonyl (C=O) groups excluding carboxylic acids is 1. The molecule has 3 aromatic rings. The Bertz CT molecular complexity index is 1130. The van der Waals surface area contributed by atoms with E-state index in [0.29, 0.717) is 29.2 Å². The second-order valence-electron chi connectivity index (χ2n) is 6.86. The summed E-state index contributed by atoms with van der Waals surface area (Å²) >= 11 is 7.65. The summed E-state index contributed by atoms with van der Waals surface area (Å²) in [5, 5.41) is 2.23. The fourth-order valence-electron chi connectivity index (χ4n) is 3.48. The van der Waals surface area contributed by atoms with Gasteiger partial charge in [-0.15, -0.1) is 11.3 Å². The molecule has 0 radical (unpaired) electrons. The van der Waals surface area contributed by atoms with E-state index in [9.17, 15) is 13.2 Å². The number of sulfone groups is 1. The molecule has 2 heterocycles. The van der Waals surface area contributed by atoms with Crippen LogP contribution >= 0.6 is 22.9 Å². The van der Waals surface area contributed by atoms with E-state index < -0.39 is 15.1 Å². The van der Waals surface area contributed by atoms with E-state index in [1.807, 2.05) is 30.3 Å². The lowest BCUT2D eigenvalue weighted by molar-refractivity contribution is 0.0761. The van der Waals surface area contributed by atoms with Gasteiger partial charge in [0.2, 0.25) is 0 Å². The van der Waals surface area contributed by atoms with Crippen LogP contribution in [0.1, 0.15) is 27.7 Å². The average molecular weight is 447 g/mol. The molecule has 0 bridgehead atoms. The van der Waals surface area contributed by atoms with Gasteiger partial charge in [-0.2, -0.15) is 0 Å². The molecular weight excluding hydrogens is 428 g/mol. The lowest BCUT2D eigenvalue weighted by Gasteiger charge is -2.19. The Balaban J connectivity index is 1.55. The third-order valence-electron chi connectivity index (χ3n) is 5.02. The molecule has 2 aromatic carbocycles. The van der Waals surface area contributed by atoms with E-state index in [-0.39, 0.29) is 18.2 Å². The summed E-state index contributed by atoms with van der Waals surface area (Å²) in [6.45, 7) is 0.493. The maximum atomic E-state index is 13.0.